The number of carbonyl (C=O) groups excluding carboxylic acids is 1. The molecular weight excluding hydrogens is 287 g/mol. The van der Waals surface area contributed by atoms with E-state index in [0.717, 1.165) is 17.0 Å². The fraction of sp³-hybridized carbons (Fsp3) is 0.429. The molecule has 0 fully saturated rings. The third-order valence-corrected chi connectivity index (χ3v) is 2.99. The van der Waals surface area contributed by atoms with Crippen LogP contribution in [0.5, 0.6) is 0 Å². The lowest BCUT2D eigenvalue weighted by atomic mass is 9.99. The van der Waals surface area contributed by atoms with Crippen LogP contribution in [0.2, 0.25) is 0 Å². The molecule has 1 aromatic carbocycles. The summed E-state index contributed by atoms with van der Waals surface area (Å²) in [7, 11) is 1.37. The average Bonchev–Trinajstić information content (AvgIpc) is 2.36. The van der Waals surface area contributed by atoms with Crippen molar-refractivity contribution < 1.29 is 27.9 Å². The Balaban J connectivity index is 2.68. The molecule has 0 spiro atoms. The van der Waals surface area contributed by atoms with Crippen molar-refractivity contribution in [1.29, 1.82) is 0 Å². The number of nitrogens with zero attached hydrogens (tertiary/aromatic N) is 1. The zero-order chi connectivity index (χ0) is 16.2. The molecule has 0 aliphatic rings. The van der Waals surface area contributed by atoms with Crippen LogP contribution >= 0.6 is 0 Å². The average molecular weight is 303 g/mol. The molecule has 7 heteroatoms. The zero-order valence-electron chi connectivity index (χ0n) is 11.6. The third kappa shape index (κ3) is 5.09. The molecule has 0 radical (unpaired) electrons. The van der Waals surface area contributed by atoms with Crippen LogP contribution in [0.3, 0.4) is 0 Å². The van der Waals surface area contributed by atoms with Crippen molar-refractivity contribution in [2.24, 2.45) is 5.92 Å². The number of alkyl halides is 3. The Morgan fingerprint density at radius 2 is 1.76 bits per heavy atom. The number of carbonyl (C=O) groups is 2. The molecule has 116 valence electrons. The van der Waals surface area contributed by atoms with Gasteiger partial charge in [0.25, 0.3) is 0 Å². The molecule has 1 atom stereocenters. The smallest absolute Gasteiger partial charge is 0.416 e. The van der Waals surface area contributed by atoms with E-state index in [1.165, 1.54) is 19.2 Å². The van der Waals surface area contributed by atoms with Gasteiger partial charge < -0.3 is 10.0 Å². The van der Waals surface area contributed by atoms with E-state index in [9.17, 15) is 22.8 Å². The monoisotopic (exact) mass is 303 g/mol. The minimum absolute atomic E-state index is 0.251. The Labute approximate surface area is 120 Å². The quantitative estimate of drug-likeness (QED) is 0.909. The molecule has 1 amide bonds. The number of hydrogen-bond donors (Lipinski definition) is 1. The standard InChI is InChI=1S/C14H16F3NO3/c1-9(13(21)18(2)8-12(19)20)7-10-3-5-11(6-4-10)14(15,16)17/h3-6,9H,7-8H2,1-2H3,(H,19,20). The number of aliphatic carboxylic acids is 1. The van der Waals surface area contributed by atoms with E-state index in [4.69, 9.17) is 5.11 Å². The van der Waals surface area contributed by atoms with E-state index in [-0.39, 0.29) is 12.3 Å². The van der Waals surface area contributed by atoms with Gasteiger partial charge in [-0.25, -0.2) is 0 Å². The Bertz CT molecular complexity index is 511. The molecule has 0 aliphatic carbocycles. The van der Waals surface area contributed by atoms with Gasteiger partial charge in [0.05, 0.1) is 5.56 Å². The summed E-state index contributed by atoms with van der Waals surface area (Å²) in [5.41, 5.74) is -0.152. The Kier molecular flexibility index (Phi) is 5.34. The van der Waals surface area contributed by atoms with Crippen LogP contribution in [0.25, 0.3) is 0 Å². The minimum atomic E-state index is -4.39. The number of likely N-dealkylation sites (N-methyl/N-ethyl adjacent to an activating group) is 1. The third-order valence-electron chi connectivity index (χ3n) is 2.99. The second-order valence-corrected chi connectivity index (χ2v) is 4.89. The first kappa shape index (κ1) is 17.0. The summed E-state index contributed by atoms with van der Waals surface area (Å²) in [5, 5.41) is 8.61. The van der Waals surface area contributed by atoms with Crippen molar-refractivity contribution in [3.05, 3.63) is 35.4 Å². The van der Waals surface area contributed by atoms with E-state index >= 15 is 0 Å². The van der Waals surface area contributed by atoms with Crippen molar-refractivity contribution in [2.75, 3.05) is 13.6 Å². The molecule has 0 saturated heterocycles. The van der Waals surface area contributed by atoms with Crippen LogP contribution in [0.15, 0.2) is 24.3 Å². The number of amides is 1. The molecule has 0 bridgehead atoms. The van der Waals surface area contributed by atoms with Crippen LogP contribution in [-0.2, 0) is 22.2 Å². The van der Waals surface area contributed by atoms with Gasteiger partial charge in [0, 0.05) is 13.0 Å². The highest BCUT2D eigenvalue weighted by molar-refractivity contribution is 5.82. The highest BCUT2D eigenvalue weighted by atomic mass is 19.4. The summed E-state index contributed by atoms with van der Waals surface area (Å²) in [5.74, 6) is -1.99. The van der Waals surface area contributed by atoms with Gasteiger partial charge in [-0.1, -0.05) is 19.1 Å². The highest BCUT2D eigenvalue weighted by Gasteiger charge is 2.30. The molecule has 4 nitrogen and oxygen atoms in total. The number of benzene rings is 1. The van der Waals surface area contributed by atoms with E-state index in [0.29, 0.717) is 5.56 Å². The second kappa shape index (κ2) is 6.60. The fourth-order valence-electron chi connectivity index (χ4n) is 1.93. The summed E-state index contributed by atoms with van der Waals surface area (Å²) in [4.78, 5) is 23.5. The molecule has 0 aliphatic heterocycles. The van der Waals surface area contributed by atoms with Crippen LogP contribution < -0.4 is 0 Å². The van der Waals surface area contributed by atoms with Crippen LogP contribution in [0.4, 0.5) is 13.2 Å². The minimum Gasteiger partial charge on any atom is -0.480 e. The second-order valence-electron chi connectivity index (χ2n) is 4.89. The van der Waals surface area contributed by atoms with E-state index in [2.05, 4.69) is 0 Å². The number of hydrogen-bond acceptors (Lipinski definition) is 2. The maximum atomic E-state index is 12.4. The first-order chi connectivity index (χ1) is 9.61. The first-order valence-electron chi connectivity index (χ1n) is 6.24. The van der Waals surface area contributed by atoms with E-state index in [1.54, 1.807) is 6.92 Å². The van der Waals surface area contributed by atoms with E-state index in [1.807, 2.05) is 0 Å². The number of carboxylic acid groups (broad SMARTS) is 1. The number of halogens is 3. The maximum Gasteiger partial charge on any atom is 0.416 e. The van der Waals surface area contributed by atoms with Crippen molar-refractivity contribution in [1.82, 2.24) is 4.90 Å². The highest BCUT2D eigenvalue weighted by Crippen LogP contribution is 2.29. The molecule has 0 heterocycles. The number of carboxylic acids is 1. The van der Waals surface area contributed by atoms with Crippen LogP contribution in [0, 0.1) is 5.92 Å². The lowest BCUT2D eigenvalue weighted by molar-refractivity contribution is -0.144. The predicted molar refractivity (Wildman–Crippen MR) is 69.6 cm³/mol. The lowest BCUT2D eigenvalue weighted by Gasteiger charge is -2.19. The lowest BCUT2D eigenvalue weighted by Crippen LogP contribution is -2.36. The number of rotatable bonds is 5. The topological polar surface area (TPSA) is 57.6 Å². The van der Waals surface area contributed by atoms with E-state index < -0.39 is 30.2 Å². The normalized spacial score (nSPS) is 12.8. The van der Waals surface area contributed by atoms with Gasteiger partial charge >= 0.3 is 12.1 Å². The summed E-state index contributed by atoms with van der Waals surface area (Å²) < 4.78 is 37.3. The van der Waals surface area contributed by atoms with Gasteiger partial charge in [0.1, 0.15) is 6.54 Å². The van der Waals surface area contributed by atoms with Crippen molar-refractivity contribution in [3.8, 4) is 0 Å². The van der Waals surface area contributed by atoms with Gasteiger partial charge in [-0.3, -0.25) is 9.59 Å². The van der Waals surface area contributed by atoms with Gasteiger partial charge in [0.2, 0.25) is 5.91 Å². The summed E-state index contributed by atoms with van der Waals surface area (Å²) in [6.45, 7) is 1.20. The summed E-state index contributed by atoms with van der Waals surface area (Å²) >= 11 is 0. The van der Waals surface area contributed by atoms with Crippen molar-refractivity contribution >= 4 is 11.9 Å². The van der Waals surface area contributed by atoms with Gasteiger partial charge in [-0.15, -0.1) is 0 Å². The Morgan fingerprint density at radius 1 is 1.24 bits per heavy atom. The molecule has 1 unspecified atom stereocenters. The van der Waals surface area contributed by atoms with Crippen LogP contribution in [0.1, 0.15) is 18.1 Å². The Morgan fingerprint density at radius 3 is 2.19 bits per heavy atom. The SMILES string of the molecule is CC(Cc1ccc(C(F)(F)F)cc1)C(=O)N(C)CC(=O)O. The van der Waals surface area contributed by atoms with Gasteiger partial charge in [-0.05, 0) is 24.1 Å². The van der Waals surface area contributed by atoms with Gasteiger partial charge in [-0.2, -0.15) is 13.2 Å². The maximum absolute atomic E-state index is 12.4. The fourth-order valence-corrected chi connectivity index (χ4v) is 1.93. The molecule has 1 rings (SSSR count). The van der Waals surface area contributed by atoms with Crippen molar-refractivity contribution in [2.45, 2.75) is 19.5 Å². The first-order valence-corrected chi connectivity index (χ1v) is 6.24. The van der Waals surface area contributed by atoms with Crippen molar-refractivity contribution in [3.63, 3.8) is 0 Å². The zero-order valence-corrected chi connectivity index (χ0v) is 11.6. The predicted octanol–water partition coefficient (Wildman–Crippen LogP) is 2.43. The molecular formula is C14H16F3NO3. The summed E-state index contributed by atoms with van der Waals surface area (Å²) in [6.07, 6.45) is -4.14. The molecule has 0 saturated carbocycles. The summed E-state index contributed by atoms with van der Waals surface area (Å²) in [6, 6.07) is 4.58. The molecule has 1 aromatic rings. The van der Waals surface area contributed by atoms with Gasteiger partial charge in [0.15, 0.2) is 0 Å². The van der Waals surface area contributed by atoms with Crippen LogP contribution in [-0.4, -0.2) is 35.5 Å². The molecule has 0 aromatic heterocycles. The largest absolute Gasteiger partial charge is 0.480 e. The Hall–Kier alpha value is -2.05. The molecule has 1 N–H and O–H groups in total. The molecule has 21 heavy (non-hydrogen) atoms.